The molecule has 1 N–H and O–H groups in total. The molecule has 1 aliphatic rings. The standard InChI is InChI=1S/C27H21ClN4O3S2/c1-15-7-8-16(2)19(13-15)23(33)21-22(17-9-11-29-12-10-17)32(25(35)24(21)34)26-30-31-27(37-26)36-14-18-5-3-4-6-20(18)28/h3-13,22,33H,14H2,1-2H3. The third-order valence-corrected chi connectivity index (χ3v) is 8.50. The Morgan fingerprint density at radius 2 is 1.84 bits per heavy atom. The van der Waals surface area contributed by atoms with Gasteiger partial charge in [-0.3, -0.25) is 19.5 Å². The van der Waals surface area contributed by atoms with Gasteiger partial charge >= 0.3 is 5.91 Å². The second kappa shape index (κ2) is 10.5. The average molecular weight is 549 g/mol. The molecule has 4 aromatic rings. The molecular formula is C27H21ClN4O3S2. The van der Waals surface area contributed by atoms with Crippen LogP contribution in [0.15, 0.2) is 76.9 Å². The highest BCUT2D eigenvalue weighted by Crippen LogP contribution is 2.44. The molecule has 5 rings (SSSR count). The first-order chi connectivity index (χ1) is 17.8. The van der Waals surface area contributed by atoms with Crippen LogP contribution in [0.25, 0.3) is 5.76 Å². The van der Waals surface area contributed by atoms with Crippen LogP contribution in [0.3, 0.4) is 0 Å². The van der Waals surface area contributed by atoms with Crippen LogP contribution >= 0.6 is 34.7 Å². The second-order valence-corrected chi connectivity index (χ2v) is 11.1. The number of pyridine rings is 1. The number of aliphatic hydroxyl groups is 1. The maximum absolute atomic E-state index is 13.4. The number of aromatic nitrogens is 3. The van der Waals surface area contributed by atoms with Crippen molar-refractivity contribution in [2.24, 2.45) is 0 Å². The van der Waals surface area contributed by atoms with Crippen LogP contribution in [-0.2, 0) is 15.3 Å². The fourth-order valence-corrected chi connectivity index (χ4v) is 6.29. The van der Waals surface area contributed by atoms with Crippen molar-refractivity contribution in [1.29, 1.82) is 0 Å². The molecule has 2 aromatic carbocycles. The first-order valence-electron chi connectivity index (χ1n) is 11.3. The maximum Gasteiger partial charge on any atom is 0.301 e. The summed E-state index contributed by atoms with van der Waals surface area (Å²) in [6.07, 6.45) is 3.16. The molecule has 10 heteroatoms. The van der Waals surface area contributed by atoms with Crippen molar-refractivity contribution < 1.29 is 14.7 Å². The van der Waals surface area contributed by atoms with Gasteiger partial charge in [-0.2, -0.15) is 0 Å². The number of nitrogens with zero attached hydrogens (tertiary/aromatic N) is 4. The Labute approximate surface area is 226 Å². The van der Waals surface area contributed by atoms with Crippen LogP contribution in [0.2, 0.25) is 5.02 Å². The highest BCUT2D eigenvalue weighted by Gasteiger charge is 2.48. The zero-order chi connectivity index (χ0) is 26.1. The molecule has 0 saturated carbocycles. The lowest BCUT2D eigenvalue weighted by molar-refractivity contribution is -0.132. The molecule has 1 aliphatic heterocycles. The molecule has 37 heavy (non-hydrogen) atoms. The minimum atomic E-state index is -0.878. The molecule has 0 spiro atoms. The quantitative estimate of drug-likeness (QED) is 0.102. The zero-order valence-electron chi connectivity index (χ0n) is 19.9. The van der Waals surface area contributed by atoms with E-state index in [1.54, 1.807) is 30.6 Å². The number of rotatable bonds is 6. The molecule has 1 fully saturated rings. The van der Waals surface area contributed by atoms with E-state index < -0.39 is 17.7 Å². The van der Waals surface area contributed by atoms with Crippen molar-refractivity contribution in [3.05, 3.63) is 105 Å². The number of aliphatic hydroxyl groups excluding tert-OH is 1. The largest absolute Gasteiger partial charge is 0.507 e. The van der Waals surface area contributed by atoms with E-state index in [1.807, 2.05) is 50.2 Å². The van der Waals surface area contributed by atoms with Gasteiger partial charge < -0.3 is 5.11 Å². The predicted molar refractivity (Wildman–Crippen MR) is 146 cm³/mol. The molecule has 2 aromatic heterocycles. The summed E-state index contributed by atoms with van der Waals surface area (Å²) in [7, 11) is 0. The highest BCUT2D eigenvalue weighted by molar-refractivity contribution is 8.00. The predicted octanol–water partition coefficient (Wildman–Crippen LogP) is 6.12. The average Bonchev–Trinajstić information content (AvgIpc) is 3.47. The molecule has 3 heterocycles. The number of hydrogen-bond donors (Lipinski definition) is 1. The van der Waals surface area contributed by atoms with E-state index >= 15 is 0 Å². The Kier molecular flexibility index (Phi) is 7.10. The first kappa shape index (κ1) is 25.1. The number of Topliss-reactive ketones (excluding diaryl/α,β-unsaturated/α-hetero) is 1. The van der Waals surface area contributed by atoms with Crippen molar-refractivity contribution in [2.75, 3.05) is 4.90 Å². The number of halogens is 1. The van der Waals surface area contributed by atoms with E-state index in [0.29, 0.717) is 26.2 Å². The van der Waals surface area contributed by atoms with Gasteiger partial charge in [-0.25, -0.2) is 0 Å². The number of anilines is 1. The van der Waals surface area contributed by atoms with Crippen molar-refractivity contribution in [3.8, 4) is 0 Å². The first-order valence-corrected chi connectivity index (χ1v) is 13.5. The van der Waals surface area contributed by atoms with Gasteiger partial charge in [0.05, 0.1) is 11.6 Å². The third-order valence-electron chi connectivity index (χ3n) is 6.03. The van der Waals surface area contributed by atoms with Crippen LogP contribution in [-0.4, -0.2) is 32.0 Å². The van der Waals surface area contributed by atoms with E-state index in [9.17, 15) is 14.7 Å². The summed E-state index contributed by atoms with van der Waals surface area (Å²) in [5.74, 6) is -1.19. The monoisotopic (exact) mass is 548 g/mol. The number of carbonyl (C=O) groups is 2. The number of ketones is 1. The Morgan fingerprint density at radius 1 is 1.08 bits per heavy atom. The molecule has 1 atom stereocenters. The van der Waals surface area contributed by atoms with E-state index in [2.05, 4.69) is 15.2 Å². The topological polar surface area (TPSA) is 96.3 Å². The molecular weight excluding hydrogens is 528 g/mol. The molecule has 7 nitrogen and oxygen atoms in total. The van der Waals surface area contributed by atoms with Crippen molar-refractivity contribution in [3.63, 3.8) is 0 Å². The number of aryl methyl sites for hydroxylation is 2. The van der Waals surface area contributed by atoms with Gasteiger partial charge in [-0.15, -0.1) is 10.2 Å². The van der Waals surface area contributed by atoms with Crippen LogP contribution in [0.5, 0.6) is 0 Å². The van der Waals surface area contributed by atoms with Crippen LogP contribution in [0.1, 0.15) is 33.9 Å². The zero-order valence-corrected chi connectivity index (χ0v) is 22.3. The molecule has 0 aliphatic carbocycles. The SMILES string of the molecule is Cc1ccc(C)c(C(O)=C2C(=O)C(=O)N(c3nnc(SCc4ccccc4Cl)s3)C2c2ccncc2)c1. The Hall–Kier alpha value is -3.53. The van der Waals surface area contributed by atoms with Crippen LogP contribution in [0, 0.1) is 13.8 Å². The minimum Gasteiger partial charge on any atom is -0.507 e. The summed E-state index contributed by atoms with van der Waals surface area (Å²) >= 11 is 8.91. The van der Waals surface area contributed by atoms with Gasteiger partial charge in [0.2, 0.25) is 5.13 Å². The summed E-state index contributed by atoms with van der Waals surface area (Å²) in [4.78, 5) is 32.1. The van der Waals surface area contributed by atoms with E-state index in [4.69, 9.17) is 11.6 Å². The molecule has 1 saturated heterocycles. The summed E-state index contributed by atoms with van der Waals surface area (Å²) in [6, 6.07) is 15.7. The van der Waals surface area contributed by atoms with E-state index in [1.165, 1.54) is 28.0 Å². The fourth-order valence-electron chi connectivity index (χ4n) is 4.14. The normalized spacial score (nSPS) is 16.9. The number of hydrogen-bond acceptors (Lipinski definition) is 8. The number of carbonyl (C=O) groups excluding carboxylic acids is 2. The highest BCUT2D eigenvalue weighted by atomic mass is 35.5. The molecule has 1 unspecified atom stereocenters. The van der Waals surface area contributed by atoms with Crippen molar-refractivity contribution >= 4 is 57.3 Å². The van der Waals surface area contributed by atoms with Crippen LogP contribution in [0.4, 0.5) is 5.13 Å². The fraction of sp³-hybridized carbons (Fsp3) is 0.148. The van der Waals surface area contributed by atoms with Crippen LogP contribution < -0.4 is 4.90 Å². The number of thioether (sulfide) groups is 1. The van der Waals surface area contributed by atoms with Gasteiger partial charge in [-0.1, -0.05) is 70.6 Å². The van der Waals surface area contributed by atoms with Gasteiger partial charge in [-0.05, 0) is 54.8 Å². The lowest BCUT2D eigenvalue weighted by atomic mass is 9.94. The number of benzene rings is 2. The molecule has 0 radical (unpaired) electrons. The Bertz CT molecular complexity index is 1540. The summed E-state index contributed by atoms with van der Waals surface area (Å²) in [5, 5.41) is 20.8. The van der Waals surface area contributed by atoms with Gasteiger partial charge in [0.15, 0.2) is 4.34 Å². The van der Waals surface area contributed by atoms with E-state index in [-0.39, 0.29) is 16.5 Å². The maximum atomic E-state index is 13.4. The summed E-state index contributed by atoms with van der Waals surface area (Å²) < 4.78 is 0.625. The lowest BCUT2D eigenvalue weighted by Gasteiger charge is -2.22. The minimum absolute atomic E-state index is 0.00497. The summed E-state index contributed by atoms with van der Waals surface area (Å²) in [5.41, 5.74) is 3.80. The summed E-state index contributed by atoms with van der Waals surface area (Å²) in [6.45, 7) is 3.75. The van der Waals surface area contributed by atoms with Gasteiger partial charge in [0.1, 0.15) is 5.76 Å². The Morgan fingerprint density at radius 3 is 2.59 bits per heavy atom. The lowest BCUT2D eigenvalue weighted by Crippen LogP contribution is -2.29. The molecule has 0 bridgehead atoms. The number of amides is 1. The Balaban J connectivity index is 1.56. The molecule has 186 valence electrons. The smallest absolute Gasteiger partial charge is 0.301 e. The third kappa shape index (κ3) is 4.90. The molecule has 1 amide bonds. The van der Waals surface area contributed by atoms with Gasteiger partial charge in [0.25, 0.3) is 5.78 Å². The van der Waals surface area contributed by atoms with Crippen molar-refractivity contribution in [1.82, 2.24) is 15.2 Å². The van der Waals surface area contributed by atoms with E-state index in [0.717, 1.165) is 16.7 Å². The second-order valence-electron chi connectivity index (χ2n) is 8.50. The van der Waals surface area contributed by atoms with Gasteiger partial charge in [0, 0.05) is 28.7 Å². The van der Waals surface area contributed by atoms with Crippen molar-refractivity contribution in [2.45, 2.75) is 30.0 Å².